The van der Waals surface area contributed by atoms with Crippen LogP contribution in [-0.2, 0) is 10.9 Å². The van der Waals surface area contributed by atoms with Crippen molar-refractivity contribution in [2.75, 3.05) is 68.6 Å². The van der Waals surface area contributed by atoms with Crippen LogP contribution in [0.25, 0.3) is 0 Å². The summed E-state index contributed by atoms with van der Waals surface area (Å²) in [4.78, 5) is 16.2. The van der Waals surface area contributed by atoms with E-state index in [-0.39, 0.29) is 17.3 Å². The van der Waals surface area contributed by atoms with Gasteiger partial charge in [0, 0.05) is 44.5 Å². The van der Waals surface area contributed by atoms with Gasteiger partial charge in [-0.15, -0.1) is 0 Å². The fraction of sp³-hybridized carbons (Fsp3) is 0.385. The Labute approximate surface area is 228 Å². The minimum Gasteiger partial charge on any atom is -0.378 e. The lowest BCUT2D eigenvalue weighted by atomic mass is 9.97. The fourth-order valence-corrected chi connectivity index (χ4v) is 4.58. The van der Waals surface area contributed by atoms with Gasteiger partial charge in [-0.25, -0.2) is 14.8 Å². The minimum atomic E-state index is -4.49. The number of hydrogen-bond acceptors (Lipinski definition) is 10. The first-order chi connectivity index (χ1) is 19.3. The number of likely N-dealkylation sites (N-methyl/N-ethyl adjacent to an activating group) is 1. The molecule has 0 radical (unpaired) electrons. The highest BCUT2D eigenvalue weighted by molar-refractivity contribution is 5.78. The van der Waals surface area contributed by atoms with Gasteiger partial charge in [-0.05, 0) is 36.9 Å². The maximum atomic E-state index is 14.2. The van der Waals surface area contributed by atoms with Crippen LogP contribution in [-0.4, -0.2) is 79.1 Å². The first-order valence-corrected chi connectivity index (χ1v) is 12.8. The van der Waals surface area contributed by atoms with E-state index in [1.165, 1.54) is 18.5 Å². The molecule has 2 saturated heterocycles. The van der Waals surface area contributed by atoms with Crippen LogP contribution in [0.5, 0.6) is 0 Å². The lowest BCUT2D eigenvalue weighted by Crippen LogP contribution is -2.44. The molecule has 2 aliphatic rings. The maximum absolute atomic E-state index is 14.2. The van der Waals surface area contributed by atoms with Crippen LogP contribution in [0.2, 0.25) is 0 Å². The number of halogens is 4. The second-order valence-electron chi connectivity index (χ2n) is 9.50. The fourth-order valence-electron chi connectivity index (χ4n) is 4.58. The third-order valence-electron chi connectivity index (χ3n) is 6.59. The van der Waals surface area contributed by atoms with Gasteiger partial charge in [-0.1, -0.05) is 6.07 Å². The van der Waals surface area contributed by atoms with Crippen LogP contribution < -0.4 is 21.0 Å². The monoisotopic (exact) mass is 559 g/mol. The Bertz CT molecular complexity index is 1330. The number of hydrazone groups is 1. The second kappa shape index (κ2) is 12.1. The number of rotatable bonds is 7. The number of benzene rings is 1. The number of ether oxygens (including phenoxy) is 1. The van der Waals surface area contributed by atoms with Gasteiger partial charge in [0.2, 0.25) is 5.95 Å². The molecule has 0 bridgehead atoms. The lowest BCUT2D eigenvalue weighted by Gasteiger charge is -2.32. The molecule has 1 atom stereocenters. The lowest BCUT2D eigenvalue weighted by molar-refractivity contribution is -0.138. The molecule has 2 aromatic heterocycles. The van der Waals surface area contributed by atoms with E-state index in [2.05, 4.69) is 36.1 Å². The molecule has 3 aromatic rings. The van der Waals surface area contributed by atoms with Crippen LogP contribution in [0.4, 0.5) is 40.7 Å². The van der Waals surface area contributed by atoms with E-state index in [4.69, 9.17) is 4.74 Å². The van der Waals surface area contributed by atoms with Crippen molar-refractivity contribution in [2.24, 2.45) is 5.10 Å². The first-order valence-electron chi connectivity index (χ1n) is 12.8. The molecule has 1 unspecified atom stereocenters. The molecule has 5 rings (SSSR count). The summed E-state index contributed by atoms with van der Waals surface area (Å²) < 4.78 is 61.2. The number of piperazine rings is 1. The average Bonchev–Trinajstić information content (AvgIpc) is 2.95. The normalized spacial score (nSPS) is 18.7. The standard InChI is InChI=1S/C26H29F4N9O/c1-38-7-6-31-23(16-38)20-5-4-17(12-21(20)26(28,29)30)35-19-3-2-18(32-13-19)14-34-37-25-33-15-22(27)24(36-25)39-8-10-40-11-9-39/h2-5,12-15,23,31,35H,6-11,16H2,1H3,(H,33,36,37). The predicted molar refractivity (Wildman–Crippen MR) is 143 cm³/mol. The summed E-state index contributed by atoms with van der Waals surface area (Å²) in [6.07, 6.45) is -0.497. The molecule has 1 aromatic carbocycles. The smallest absolute Gasteiger partial charge is 0.378 e. The van der Waals surface area contributed by atoms with Crippen LogP contribution >= 0.6 is 0 Å². The molecule has 212 valence electrons. The van der Waals surface area contributed by atoms with Crippen LogP contribution in [0, 0.1) is 5.82 Å². The van der Waals surface area contributed by atoms with Gasteiger partial charge in [0.15, 0.2) is 11.6 Å². The zero-order valence-electron chi connectivity index (χ0n) is 21.7. The molecule has 2 aliphatic heterocycles. The number of hydrogen-bond donors (Lipinski definition) is 3. The van der Waals surface area contributed by atoms with Gasteiger partial charge >= 0.3 is 6.18 Å². The van der Waals surface area contributed by atoms with Gasteiger partial charge in [0.1, 0.15) is 0 Å². The van der Waals surface area contributed by atoms with Crippen molar-refractivity contribution in [2.45, 2.75) is 12.2 Å². The topological polar surface area (TPSA) is 103 Å². The molecular weight excluding hydrogens is 530 g/mol. The third-order valence-corrected chi connectivity index (χ3v) is 6.59. The Kier molecular flexibility index (Phi) is 8.38. The van der Waals surface area contributed by atoms with E-state index in [1.54, 1.807) is 23.1 Å². The van der Waals surface area contributed by atoms with E-state index in [0.29, 0.717) is 56.5 Å². The zero-order valence-corrected chi connectivity index (χ0v) is 21.7. The molecule has 4 heterocycles. The number of alkyl halides is 3. The number of pyridine rings is 1. The molecule has 0 spiro atoms. The summed E-state index contributed by atoms with van der Waals surface area (Å²) in [7, 11) is 1.90. The van der Waals surface area contributed by atoms with E-state index in [9.17, 15) is 17.6 Å². The van der Waals surface area contributed by atoms with Gasteiger partial charge in [-0.3, -0.25) is 4.98 Å². The summed E-state index contributed by atoms with van der Waals surface area (Å²) >= 11 is 0. The van der Waals surface area contributed by atoms with Crippen molar-refractivity contribution in [1.29, 1.82) is 0 Å². The summed E-state index contributed by atoms with van der Waals surface area (Å²) in [5.41, 5.74) is 3.51. The van der Waals surface area contributed by atoms with Crippen LogP contribution in [0.15, 0.2) is 47.8 Å². The molecular formula is C26H29F4N9O. The van der Waals surface area contributed by atoms with Gasteiger partial charge < -0.3 is 25.2 Å². The van der Waals surface area contributed by atoms with Gasteiger partial charge in [0.25, 0.3) is 0 Å². The molecule has 14 heteroatoms. The first kappa shape index (κ1) is 27.7. The number of nitrogens with zero attached hydrogens (tertiary/aromatic N) is 6. The average molecular weight is 560 g/mol. The van der Waals surface area contributed by atoms with Crippen molar-refractivity contribution in [3.63, 3.8) is 0 Å². The van der Waals surface area contributed by atoms with Crippen molar-refractivity contribution < 1.29 is 22.3 Å². The quantitative estimate of drug-likeness (QED) is 0.228. The summed E-state index contributed by atoms with van der Waals surface area (Å²) in [6, 6.07) is 7.21. The molecule has 0 aliphatic carbocycles. The second-order valence-corrected chi connectivity index (χ2v) is 9.50. The molecule has 2 fully saturated rings. The van der Waals surface area contributed by atoms with Crippen molar-refractivity contribution in [3.05, 3.63) is 65.4 Å². The molecule has 3 N–H and O–H groups in total. The van der Waals surface area contributed by atoms with E-state index >= 15 is 0 Å². The Morgan fingerprint density at radius 1 is 1.07 bits per heavy atom. The highest BCUT2D eigenvalue weighted by Gasteiger charge is 2.36. The Balaban J connectivity index is 1.23. The molecule has 0 amide bonds. The minimum absolute atomic E-state index is 0.122. The molecule has 10 nitrogen and oxygen atoms in total. The Morgan fingerprint density at radius 2 is 1.88 bits per heavy atom. The predicted octanol–water partition coefficient (Wildman–Crippen LogP) is 3.63. The Morgan fingerprint density at radius 3 is 2.60 bits per heavy atom. The van der Waals surface area contributed by atoms with Gasteiger partial charge in [-0.2, -0.15) is 23.3 Å². The SMILES string of the molecule is CN1CCNC(c2ccc(Nc3ccc(C=NNc4ncc(F)c(N5CCOCC5)n4)nc3)cc2C(F)(F)F)C1. The highest BCUT2D eigenvalue weighted by Crippen LogP contribution is 2.37. The molecule has 0 saturated carbocycles. The van der Waals surface area contributed by atoms with E-state index in [0.717, 1.165) is 18.8 Å². The van der Waals surface area contributed by atoms with Gasteiger partial charge in [0.05, 0.1) is 48.8 Å². The number of aromatic nitrogens is 3. The zero-order chi connectivity index (χ0) is 28.1. The largest absolute Gasteiger partial charge is 0.416 e. The van der Waals surface area contributed by atoms with E-state index < -0.39 is 23.6 Å². The van der Waals surface area contributed by atoms with Crippen LogP contribution in [0.3, 0.4) is 0 Å². The number of morpholine rings is 1. The van der Waals surface area contributed by atoms with Crippen LogP contribution in [0.1, 0.15) is 22.9 Å². The summed E-state index contributed by atoms with van der Waals surface area (Å²) in [5.74, 6) is -0.235. The van der Waals surface area contributed by atoms with E-state index in [1.807, 2.05) is 11.9 Å². The Hall–Kier alpha value is -3.88. The summed E-state index contributed by atoms with van der Waals surface area (Å²) in [5, 5.41) is 10.2. The number of anilines is 4. The van der Waals surface area contributed by atoms with Crippen molar-refractivity contribution in [1.82, 2.24) is 25.2 Å². The van der Waals surface area contributed by atoms with Crippen molar-refractivity contribution >= 4 is 29.4 Å². The molecule has 40 heavy (non-hydrogen) atoms. The highest BCUT2D eigenvalue weighted by atomic mass is 19.4. The maximum Gasteiger partial charge on any atom is 0.416 e. The van der Waals surface area contributed by atoms with Crippen molar-refractivity contribution in [3.8, 4) is 0 Å². The number of nitrogens with one attached hydrogen (secondary N) is 3. The third kappa shape index (κ3) is 6.81. The summed E-state index contributed by atoms with van der Waals surface area (Å²) in [6.45, 7) is 3.95.